The number of esters is 1. The average Bonchev–Trinajstić information content (AvgIpc) is 3.11. The Hall–Kier alpha value is -2.17. The highest BCUT2D eigenvalue weighted by Gasteiger charge is 2.46. The van der Waals surface area contributed by atoms with Crippen LogP contribution < -0.4 is 0 Å². The Balaban J connectivity index is 1.21. The third-order valence-electron chi connectivity index (χ3n) is 8.24. The number of benzene rings is 1. The van der Waals surface area contributed by atoms with Gasteiger partial charge in [0.1, 0.15) is 6.10 Å². The van der Waals surface area contributed by atoms with Crippen LogP contribution in [-0.2, 0) is 16.0 Å². The van der Waals surface area contributed by atoms with Gasteiger partial charge in [-0.1, -0.05) is 60.7 Å². The van der Waals surface area contributed by atoms with Crippen LogP contribution in [0.15, 0.2) is 60.7 Å². The first-order valence-electron chi connectivity index (χ1n) is 13.4. The van der Waals surface area contributed by atoms with Gasteiger partial charge in [-0.2, -0.15) is 5.06 Å². The van der Waals surface area contributed by atoms with Crippen LogP contribution in [0.3, 0.4) is 0 Å². The van der Waals surface area contributed by atoms with Gasteiger partial charge in [0, 0.05) is 29.8 Å². The minimum absolute atomic E-state index is 0.0269. The molecule has 2 aliphatic carbocycles. The third-order valence-corrected chi connectivity index (χ3v) is 8.24. The van der Waals surface area contributed by atoms with E-state index in [1.807, 2.05) is 27.7 Å². The molecule has 0 atom stereocenters. The number of piperidine rings is 1. The number of aryl methyl sites for hydroxylation is 1. The average molecular weight is 478 g/mol. The summed E-state index contributed by atoms with van der Waals surface area (Å²) in [6, 6.07) is 9.07. The molecule has 1 aliphatic heterocycles. The van der Waals surface area contributed by atoms with Crippen LogP contribution in [0.5, 0.6) is 0 Å². The molecule has 4 nitrogen and oxygen atoms in total. The molecule has 0 bridgehead atoms. The summed E-state index contributed by atoms with van der Waals surface area (Å²) in [5.41, 5.74) is 1.93. The molecule has 2 fully saturated rings. The summed E-state index contributed by atoms with van der Waals surface area (Å²) in [6.07, 6.45) is 20.4. The number of nitrogens with zero attached hydrogens (tertiary/aromatic N) is 1. The van der Waals surface area contributed by atoms with Crippen molar-refractivity contribution in [1.82, 2.24) is 5.06 Å². The van der Waals surface area contributed by atoms with E-state index >= 15 is 0 Å². The first-order valence-corrected chi connectivity index (χ1v) is 13.4. The molecule has 1 aromatic rings. The number of rotatable bonds is 6. The first-order chi connectivity index (χ1) is 16.6. The zero-order valence-corrected chi connectivity index (χ0v) is 22.0. The molecule has 1 saturated heterocycles. The number of allylic oxidation sites excluding steroid dienone is 6. The molecule has 190 valence electrons. The van der Waals surface area contributed by atoms with E-state index < -0.39 is 11.1 Å². The Bertz CT molecular complexity index is 914. The second-order valence-corrected chi connectivity index (χ2v) is 12.1. The Kier molecular flexibility index (Phi) is 8.02. The number of hydrogen-bond donors (Lipinski definition) is 1. The quantitative estimate of drug-likeness (QED) is 0.442. The fourth-order valence-corrected chi connectivity index (χ4v) is 6.27. The zero-order chi connectivity index (χ0) is 25.1. The number of carbonyl (C=O) groups is 1. The monoisotopic (exact) mass is 477 g/mol. The maximum Gasteiger partial charge on any atom is 0.309 e. The van der Waals surface area contributed by atoms with Gasteiger partial charge in [-0.15, -0.1) is 0 Å². The number of carbonyl (C=O) groups excluding carboxylic acids is 1. The lowest BCUT2D eigenvalue weighted by Crippen LogP contribution is -2.60. The summed E-state index contributed by atoms with van der Waals surface area (Å²) in [7, 11) is 0. The highest BCUT2D eigenvalue weighted by Crippen LogP contribution is 2.39. The lowest BCUT2D eigenvalue weighted by molar-refractivity contribution is -0.260. The molecular weight excluding hydrogens is 434 g/mol. The van der Waals surface area contributed by atoms with Gasteiger partial charge in [0.05, 0.1) is 5.92 Å². The second kappa shape index (κ2) is 10.8. The van der Waals surface area contributed by atoms with Crippen molar-refractivity contribution in [2.24, 2.45) is 11.8 Å². The van der Waals surface area contributed by atoms with Crippen molar-refractivity contribution in [3.8, 4) is 0 Å². The Morgan fingerprint density at radius 3 is 2.06 bits per heavy atom. The van der Waals surface area contributed by atoms with Crippen LogP contribution in [0.2, 0.25) is 0 Å². The van der Waals surface area contributed by atoms with Crippen molar-refractivity contribution in [3.05, 3.63) is 71.8 Å². The zero-order valence-electron chi connectivity index (χ0n) is 22.0. The Morgan fingerprint density at radius 1 is 0.914 bits per heavy atom. The van der Waals surface area contributed by atoms with E-state index in [0.717, 1.165) is 32.1 Å². The second-order valence-electron chi connectivity index (χ2n) is 12.1. The predicted octanol–water partition coefficient (Wildman–Crippen LogP) is 7.15. The molecule has 1 N–H and O–H groups in total. The number of hydrogen-bond acceptors (Lipinski definition) is 4. The summed E-state index contributed by atoms with van der Waals surface area (Å²) in [4.78, 5) is 12.9. The van der Waals surface area contributed by atoms with Gasteiger partial charge < -0.3 is 9.94 Å². The number of hydroxylamine groups is 2. The fraction of sp³-hybridized carbons (Fsp3) is 0.581. The van der Waals surface area contributed by atoms with E-state index in [4.69, 9.17) is 4.74 Å². The highest BCUT2D eigenvalue weighted by atomic mass is 16.5. The maximum absolute atomic E-state index is 12.9. The lowest BCUT2D eigenvalue weighted by atomic mass is 9.78. The van der Waals surface area contributed by atoms with E-state index in [-0.39, 0.29) is 18.0 Å². The summed E-state index contributed by atoms with van der Waals surface area (Å²) >= 11 is 0. The van der Waals surface area contributed by atoms with Crippen LogP contribution in [0.1, 0.15) is 89.7 Å². The minimum Gasteiger partial charge on any atom is -0.462 e. The lowest BCUT2D eigenvalue weighted by Gasteiger charge is -2.51. The smallest absolute Gasteiger partial charge is 0.309 e. The van der Waals surface area contributed by atoms with E-state index in [0.29, 0.717) is 24.7 Å². The molecule has 1 aromatic carbocycles. The number of ether oxygens (including phenoxy) is 1. The van der Waals surface area contributed by atoms with Crippen LogP contribution in [0.4, 0.5) is 0 Å². The molecule has 0 unspecified atom stereocenters. The Morgan fingerprint density at radius 2 is 1.49 bits per heavy atom. The van der Waals surface area contributed by atoms with Gasteiger partial charge in [-0.05, 0) is 83.3 Å². The van der Waals surface area contributed by atoms with E-state index in [2.05, 4.69) is 60.7 Å². The molecule has 35 heavy (non-hydrogen) atoms. The molecule has 0 aromatic heterocycles. The van der Waals surface area contributed by atoms with Crippen molar-refractivity contribution in [2.75, 3.05) is 0 Å². The van der Waals surface area contributed by atoms with Crippen molar-refractivity contribution in [2.45, 2.75) is 102 Å². The molecular formula is C31H43NO3. The summed E-state index contributed by atoms with van der Waals surface area (Å²) in [5, 5.41) is 11.9. The van der Waals surface area contributed by atoms with Crippen LogP contribution in [-0.4, -0.2) is 33.4 Å². The van der Waals surface area contributed by atoms with Crippen LogP contribution in [0, 0.1) is 11.8 Å². The van der Waals surface area contributed by atoms with Crippen LogP contribution >= 0.6 is 0 Å². The van der Waals surface area contributed by atoms with E-state index in [1.165, 1.54) is 22.6 Å². The molecule has 4 heteroatoms. The summed E-state index contributed by atoms with van der Waals surface area (Å²) in [6.45, 7) is 8.04. The topological polar surface area (TPSA) is 49.8 Å². The third kappa shape index (κ3) is 6.54. The molecule has 1 saturated carbocycles. The summed E-state index contributed by atoms with van der Waals surface area (Å²) in [5.74, 6) is 1.04. The summed E-state index contributed by atoms with van der Waals surface area (Å²) < 4.78 is 5.99. The maximum atomic E-state index is 12.9. The van der Waals surface area contributed by atoms with E-state index in [9.17, 15) is 10.0 Å². The normalized spacial score (nSPS) is 27.0. The van der Waals surface area contributed by atoms with Crippen molar-refractivity contribution >= 4 is 5.97 Å². The van der Waals surface area contributed by atoms with Gasteiger partial charge in [0.2, 0.25) is 0 Å². The standard InChI is InChI=1S/C31H43NO3/c1-30(2)21-28(22-31(3,4)32(30)34)35-29(33)27-19-15-24(16-20-27)12-11-23-13-17-26(18-14-23)25-9-7-5-6-8-10-25/h5-10,13-14,17-18,24-25,27-28,34H,11-12,15-16,19-22H2,1-4H3. The highest BCUT2D eigenvalue weighted by molar-refractivity contribution is 5.72. The molecule has 3 aliphatic rings. The molecule has 4 rings (SSSR count). The first kappa shape index (κ1) is 25.9. The van der Waals surface area contributed by atoms with Crippen LogP contribution in [0.25, 0.3) is 0 Å². The SMILES string of the molecule is CC1(C)CC(OC(=O)C2CCC(CCc3ccc(C4C=CC=CC=C4)cc3)CC2)CC(C)(C)N1O. The van der Waals surface area contributed by atoms with Gasteiger partial charge >= 0.3 is 5.97 Å². The fourth-order valence-electron chi connectivity index (χ4n) is 6.27. The van der Waals surface area contributed by atoms with Crippen molar-refractivity contribution in [1.29, 1.82) is 0 Å². The van der Waals surface area contributed by atoms with Gasteiger partial charge in [-0.25, -0.2) is 0 Å². The van der Waals surface area contributed by atoms with Gasteiger partial charge in [0.15, 0.2) is 0 Å². The largest absolute Gasteiger partial charge is 0.462 e. The van der Waals surface area contributed by atoms with Gasteiger partial charge in [0.25, 0.3) is 0 Å². The van der Waals surface area contributed by atoms with Crippen molar-refractivity contribution < 1.29 is 14.7 Å². The minimum atomic E-state index is -0.400. The van der Waals surface area contributed by atoms with Gasteiger partial charge in [-0.3, -0.25) is 4.79 Å². The molecule has 0 radical (unpaired) electrons. The predicted molar refractivity (Wildman–Crippen MR) is 141 cm³/mol. The Labute approximate surface area is 211 Å². The van der Waals surface area contributed by atoms with Crippen molar-refractivity contribution in [3.63, 3.8) is 0 Å². The molecule has 0 spiro atoms. The van der Waals surface area contributed by atoms with E-state index in [1.54, 1.807) is 0 Å². The molecule has 0 amide bonds. The molecule has 1 heterocycles.